The first-order chi connectivity index (χ1) is 13.9. The predicted octanol–water partition coefficient (Wildman–Crippen LogP) is 4.66. The van der Waals surface area contributed by atoms with E-state index >= 15 is 0 Å². The molecule has 0 spiro atoms. The summed E-state index contributed by atoms with van der Waals surface area (Å²) in [4.78, 5) is 28.2. The van der Waals surface area contributed by atoms with Crippen LogP contribution in [0.1, 0.15) is 37.0 Å². The van der Waals surface area contributed by atoms with Gasteiger partial charge in [-0.25, -0.2) is 9.79 Å². The van der Waals surface area contributed by atoms with E-state index in [9.17, 15) is 9.59 Å². The van der Waals surface area contributed by atoms with Crippen molar-refractivity contribution in [2.24, 2.45) is 4.99 Å². The zero-order chi connectivity index (χ0) is 21.0. The van der Waals surface area contributed by atoms with Crippen molar-refractivity contribution in [3.63, 3.8) is 0 Å². The van der Waals surface area contributed by atoms with Gasteiger partial charge in [-0.1, -0.05) is 13.0 Å². The van der Waals surface area contributed by atoms with Crippen LogP contribution in [0.3, 0.4) is 0 Å². The second kappa shape index (κ2) is 9.21. The Kier molecular flexibility index (Phi) is 6.68. The molecule has 0 N–H and O–H groups in total. The zero-order valence-electron chi connectivity index (χ0n) is 16.3. The lowest BCUT2D eigenvalue weighted by atomic mass is 10.1. The number of rotatable bonds is 6. The minimum Gasteiger partial charge on any atom is -0.490 e. The van der Waals surface area contributed by atoms with Crippen LogP contribution in [0, 0.1) is 10.5 Å². The topological polar surface area (TPSA) is 74.2 Å². The van der Waals surface area contributed by atoms with Crippen LogP contribution in [-0.2, 0) is 14.3 Å². The summed E-state index contributed by atoms with van der Waals surface area (Å²) in [6.07, 6.45) is 1.88. The summed E-state index contributed by atoms with van der Waals surface area (Å²) in [6, 6.07) is 10.8. The maximum Gasteiger partial charge on any atom is 0.363 e. The van der Waals surface area contributed by atoms with Crippen molar-refractivity contribution in [3.05, 3.63) is 62.4 Å². The van der Waals surface area contributed by atoms with Crippen LogP contribution < -0.4 is 9.47 Å². The van der Waals surface area contributed by atoms with E-state index in [4.69, 9.17) is 14.2 Å². The van der Waals surface area contributed by atoms with Gasteiger partial charge in [0.1, 0.15) is 0 Å². The third-order valence-corrected chi connectivity index (χ3v) is 5.32. The third kappa shape index (κ3) is 5.03. The molecule has 3 rings (SSSR count). The molecular weight excluding hydrogens is 485 g/mol. The summed E-state index contributed by atoms with van der Waals surface area (Å²) in [5, 5.41) is 0. The lowest BCUT2D eigenvalue weighted by Gasteiger charge is -2.10. The molecule has 7 heteroatoms. The highest BCUT2D eigenvalue weighted by Gasteiger charge is 2.24. The number of halogens is 1. The summed E-state index contributed by atoms with van der Waals surface area (Å²) in [5.74, 6) is 0.175. The van der Waals surface area contributed by atoms with E-state index in [1.807, 2.05) is 32.0 Å². The van der Waals surface area contributed by atoms with Crippen LogP contribution >= 0.6 is 22.6 Å². The van der Waals surface area contributed by atoms with Crippen molar-refractivity contribution < 1.29 is 23.8 Å². The van der Waals surface area contributed by atoms with Crippen molar-refractivity contribution in [2.45, 2.75) is 27.2 Å². The molecule has 0 aliphatic carbocycles. The molecule has 29 heavy (non-hydrogen) atoms. The van der Waals surface area contributed by atoms with E-state index in [0.717, 1.165) is 14.7 Å². The average Bonchev–Trinajstić information content (AvgIpc) is 3.06. The molecule has 0 bridgehead atoms. The Morgan fingerprint density at radius 2 is 1.97 bits per heavy atom. The zero-order valence-corrected chi connectivity index (χ0v) is 18.5. The SMILES string of the molecule is CCOc1cc(/C=C2\N=C(c3ccc(I)c(C)c3)OC2=O)ccc1OC(=O)CC. The highest BCUT2D eigenvalue weighted by Crippen LogP contribution is 2.30. The number of benzene rings is 2. The van der Waals surface area contributed by atoms with Crippen LogP contribution in [0.2, 0.25) is 0 Å². The first kappa shape index (κ1) is 21.0. The molecule has 0 unspecified atom stereocenters. The number of cyclic esters (lactones) is 1. The third-order valence-electron chi connectivity index (χ3n) is 4.11. The fourth-order valence-electron chi connectivity index (χ4n) is 2.63. The Hall–Kier alpha value is -2.68. The molecule has 2 aromatic carbocycles. The van der Waals surface area contributed by atoms with Gasteiger partial charge in [-0.15, -0.1) is 0 Å². The van der Waals surface area contributed by atoms with Crippen LogP contribution in [0.5, 0.6) is 11.5 Å². The van der Waals surface area contributed by atoms with Gasteiger partial charge in [-0.05, 0) is 84.0 Å². The Morgan fingerprint density at radius 3 is 2.66 bits per heavy atom. The highest BCUT2D eigenvalue weighted by molar-refractivity contribution is 14.1. The molecule has 0 radical (unpaired) electrons. The number of esters is 2. The molecule has 1 aliphatic rings. The van der Waals surface area contributed by atoms with Gasteiger partial charge in [-0.2, -0.15) is 0 Å². The van der Waals surface area contributed by atoms with Gasteiger partial charge in [0, 0.05) is 15.6 Å². The molecule has 0 saturated heterocycles. The largest absolute Gasteiger partial charge is 0.490 e. The number of hydrogen-bond acceptors (Lipinski definition) is 6. The first-order valence-corrected chi connectivity index (χ1v) is 10.3. The van der Waals surface area contributed by atoms with Crippen molar-refractivity contribution in [2.75, 3.05) is 6.61 Å². The van der Waals surface area contributed by atoms with Crippen LogP contribution in [0.25, 0.3) is 6.08 Å². The predicted molar refractivity (Wildman–Crippen MR) is 118 cm³/mol. The minimum atomic E-state index is -0.518. The number of carbonyl (C=O) groups excluding carboxylic acids is 2. The van der Waals surface area contributed by atoms with E-state index in [-0.39, 0.29) is 24.0 Å². The lowest BCUT2D eigenvalue weighted by Crippen LogP contribution is -2.07. The van der Waals surface area contributed by atoms with E-state index in [1.165, 1.54) is 0 Å². The molecule has 0 amide bonds. The Morgan fingerprint density at radius 1 is 1.17 bits per heavy atom. The molecule has 2 aromatic rings. The number of aliphatic imine (C=N–C) groups is 1. The number of hydrogen-bond donors (Lipinski definition) is 0. The molecule has 0 aromatic heterocycles. The van der Waals surface area contributed by atoms with Gasteiger partial charge in [0.15, 0.2) is 17.2 Å². The van der Waals surface area contributed by atoms with Crippen molar-refractivity contribution in [3.8, 4) is 11.5 Å². The summed E-state index contributed by atoms with van der Waals surface area (Å²) in [6.45, 7) is 5.96. The lowest BCUT2D eigenvalue weighted by molar-refractivity contribution is -0.134. The summed E-state index contributed by atoms with van der Waals surface area (Å²) in [7, 11) is 0. The van der Waals surface area contributed by atoms with E-state index in [2.05, 4.69) is 27.6 Å². The van der Waals surface area contributed by atoms with Crippen molar-refractivity contribution in [1.82, 2.24) is 0 Å². The van der Waals surface area contributed by atoms with Gasteiger partial charge in [-0.3, -0.25) is 4.79 Å². The van der Waals surface area contributed by atoms with Gasteiger partial charge in [0.05, 0.1) is 6.61 Å². The van der Waals surface area contributed by atoms with E-state index < -0.39 is 5.97 Å². The smallest absolute Gasteiger partial charge is 0.363 e. The molecule has 1 aliphatic heterocycles. The second-order valence-electron chi connectivity index (χ2n) is 6.27. The number of ether oxygens (including phenoxy) is 3. The Bertz CT molecular complexity index is 1030. The molecule has 150 valence electrons. The van der Waals surface area contributed by atoms with Crippen LogP contribution in [0.15, 0.2) is 47.1 Å². The molecule has 0 atom stereocenters. The fourth-order valence-corrected chi connectivity index (χ4v) is 2.97. The minimum absolute atomic E-state index is 0.192. The molecule has 0 fully saturated rings. The van der Waals surface area contributed by atoms with Crippen LogP contribution in [0.4, 0.5) is 0 Å². The van der Waals surface area contributed by atoms with Gasteiger partial charge in [0.2, 0.25) is 5.90 Å². The Labute approximate surface area is 182 Å². The summed E-state index contributed by atoms with van der Waals surface area (Å²) in [5.41, 5.74) is 2.70. The maximum absolute atomic E-state index is 12.3. The highest BCUT2D eigenvalue weighted by atomic mass is 127. The van der Waals surface area contributed by atoms with Gasteiger partial charge in [0.25, 0.3) is 0 Å². The van der Waals surface area contributed by atoms with Crippen LogP contribution in [-0.4, -0.2) is 24.4 Å². The second-order valence-corrected chi connectivity index (χ2v) is 7.43. The normalized spacial score (nSPS) is 14.6. The maximum atomic E-state index is 12.3. The number of nitrogens with zero attached hydrogens (tertiary/aromatic N) is 1. The fraction of sp³-hybridized carbons (Fsp3) is 0.227. The Balaban J connectivity index is 1.91. The molecule has 6 nitrogen and oxygen atoms in total. The summed E-state index contributed by atoms with van der Waals surface area (Å²) < 4.78 is 17.3. The first-order valence-electron chi connectivity index (χ1n) is 9.17. The van der Waals surface area contributed by atoms with Gasteiger partial charge < -0.3 is 14.2 Å². The quantitative estimate of drug-likeness (QED) is 0.247. The standard InChI is InChI=1S/C22H20INO5/c1-4-20(25)28-18-9-6-14(12-19(18)27-5-2)11-17-22(26)29-21(24-17)15-7-8-16(23)13(3)10-15/h6-12H,4-5H2,1-3H3/b17-11-. The molecule has 0 saturated carbocycles. The van der Waals surface area contributed by atoms with Gasteiger partial charge >= 0.3 is 11.9 Å². The average molecular weight is 505 g/mol. The van der Waals surface area contributed by atoms with Crippen molar-refractivity contribution in [1.29, 1.82) is 0 Å². The molecule has 1 heterocycles. The molecular formula is C22H20INO5. The monoisotopic (exact) mass is 505 g/mol. The van der Waals surface area contributed by atoms with E-state index in [1.54, 1.807) is 31.2 Å². The number of carbonyl (C=O) groups is 2. The van der Waals surface area contributed by atoms with Crippen molar-refractivity contribution >= 4 is 46.5 Å². The summed E-state index contributed by atoms with van der Waals surface area (Å²) >= 11 is 2.25. The van der Waals surface area contributed by atoms with E-state index in [0.29, 0.717) is 23.7 Å². The number of aryl methyl sites for hydroxylation is 1.